The van der Waals surface area contributed by atoms with Gasteiger partial charge in [0, 0.05) is 16.0 Å². The number of carbonyl (C=O) groups excluding carboxylic acids is 3. The van der Waals surface area contributed by atoms with Crippen molar-refractivity contribution in [3.63, 3.8) is 0 Å². The van der Waals surface area contributed by atoms with E-state index in [1.54, 1.807) is 55.6 Å². The summed E-state index contributed by atoms with van der Waals surface area (Å²) in [6, 6.07) is 15.8. The Morgan fingerprint density at radius 2 is 1.71 bits per heavy atom. The highest BCUT2D eigenvalue weighted by Crippen LogP contribution is 2.54. The van der Waals surface area contributed by atoms with Crippen molar-refractivity contribution in [2.24, 2.45) is 5.92 Å². The molecule has 35 heavy (non-hydrogen) atoms. The number of carbonyl (C=O) groups is 3. The van der Waals surface area contributed by atoms with E-state index in [2.05, 4.69) is 5.32 Å². The third-order valence-electron chi connectivity index (χ3n) is 6.39. The normalized spacial score (nSPS) is 20.4. The average Bonchev–Trinajstić information content (AvgIpc) is 3.29. The van der Waals surface area contributed by atoms with E-state index in [1.165, 1.54) is 21.2 Å². The van der Waals surface area contributed by atoms with Crippen molar-refractivity contribution in [1.82, 2.24) is 4.57 Å². The first-order chi connectivity index (χ1) is 16.7. The van der Waals surface area contributed by atoms with Crippen LogP contribution >= 0.6 is 23.1 Å². The largest absolute Gasteiger partial charge is 0.497 e. The summed E-state index contributed by atoms with van der Waals surface area (Å²) >= 11 is 2.24. The molecule has 0 bridgehead atoms. The van der Waals surface area contributed by atoms with Crippen molar-refractivity contribution in [1.29, 1.82) is 0 Å². The van der Waals surface area contributed by atoms with E-state index < -0.39 is 16.6 Å². The van der Waals surface area contributed by atoms with Gasteiger partial charge >= 0.3 is 4.87 Å². The fourth-order valence-electron chi connectivity index (χ4n) is 4.62. The maximum atomic E-state index is 13.4. The molecule has 1 saturated heterocycles. The van der Waals surface area contributed by atoms with Crippen molar-refractivity contribution in [3.8, 4) is 5.75 Å². The van der Waals surface area contributed by atoms with Crippen molar-refractivity contribution in [2.45, 2.75) is 36.1 Å². The molecule has 3 heterocycles. The van der Waals surface area contributed by atoms with E-state index in [1.807, 2.05) is 19.9 Å². The summed E-state index contributed by atoms with van der Waals surface area (Å²) in [5, 5.41) is 2.69. The summed E-state index contributed by atoms with van der Waals surface area (Å²) in [4.78, 5) is 54.2. The Morgan fingerprint density at radius 1 is 1.03 bits per heavy atom. The minimum absolute atomic E-state index is 0.193. The first-order valence-corrected chi connectivity index (χ1v) is 12.7. The van der Waals surface area contributed by atoms with Crippen LogP contribution in [0.15, 0.2) is 64.4 Å². The molecule has 0 saturated carbocycles. The van der Waals surface area contributed by atoms with Gasteiger partial charge in [-0.25, -0.2) is 4.90 Å². The molecule has 0 spiro atoms. The van der Waals surface area contributed by atoms with Gasteiger partial charge in [0.15, 0.2) is 0 Å². The van der Waals surface area contributed by atoms with Crippen LogP contribution in [0.4, 0.5) is 11.4 Å². The summed E-state index contributed by atoms with van der Waals surface area (Å²) < 4.78 is 6.54. The number of benzene rings is 2. The number of aromatic nitrogens is 1. The highest BCUT2D eigenvalue weighted by molar-refractivity contribution is 8.00. The van der Waals surface area contributed by atoms with Crippen LogP contribution in [0.25, 0.3) is 0 Å². The van der Waals surface area contributed by atoms with Gasteiger partial charge in [-0.1, -0.05) is 55.1 Å². The molecule has 1 fully saturated rings. The maximum absolute atomic E-state index is 13.4. The number of anilines is 2. The third kappa shape index (κ3) is 3.86. The number of imide groups is 1. The van der Waals surface area contributed by atoms with Gasteiger partial charge in [-0.05, 0) is 36.4 Å². The Balaban J connectivity index is 1.44. The van der Waals surface area contributed by atoms with Crippen molar-refractivity contribution in [3.05, 3.63) is 69.1 Å². The highest BCUT2D eigenvalue weighted by atomic mass is 32.2. The topological polar surface area (TPSA) is 97.7 Å². The zero-order chi connectivity index (χ0) is 24.9. The van der Waals surface area contributed by atoms with E-state index >= 15 is 0 Å². The van der Waals surface area contributed by atoms with E-state index in [0.29, 0.717) is 22.2 Å². The Kier molecular flexibility index (Phi) is 5.80. The van der Waals surface area contributed by atoms with Gasteiger partial charge in [-0.15, -0.1) is 0 Å². The number of para-hydroxylation sites is 1. The predicted octanol–water partition coefficient (Wildman–Crippen LogP) is 3.50. The number of nitrogens with one attached hydrogen (secondary N) is 1. The zero-order valence-electron chi connectivity index (χ0n) is 19.3. The number of hydrogen-bond donors (Lipinski definition) is 1. The lowest BCUT2D eigenvalue weighted by Crippen LogP contribution is -2.41. The predicted molar refractivity (Wildman–Crippen MR) is 135 cm³/mol. The molecule has 0 radical (unpaired) electrons. The first-order valence-electron chi connectivity index (χ1n) is 11.0. The Bertz CT molecular complexity index is 1380. The van der Waals surface area contributed by atoms with Crippen LogP contribution in [0.2, 0.25) is 0 Å². The van der Waals surface area contributed by atoms with Crippen LogP contribution in [0, 0.1) is 5.92 Å². The molecule has 1 N–H and O–H groups in total. The Hall–Kier alpha value is -3.37. The van der Waals surface area contributed by atoms with Gasteiger partial charge in [0.2, 0.25) is 17.7 Å². The van der Waals surface area contributed by atoms with Crippen molar-refractivity contribution in [2.75, 3.05) is 17.3 Å². The lowest BCUT2D eigenvalue weighted by molar-refractivity contribution is -0.123. The molecule has 2 aliphatic heterocycles. The molecule has 2 unspecified atom stereocenters. The molecule has 180 valence electrons. The number of nitrogens with zero attached hydrogens (tertiary/aromatic N) is 2. The van der Waals surface area contributed by atoms with E-state index in [9.17, 15) is 19.2 Å². The number of ether oxygens (including phenoxy) is 1. The molecular formula is C25H23N3O5S2. The molecule has 3 amide bonds. The molecule has 1 aromatic heterocycles. The minimum Gasteiger partial charge on any atom is -0.497 e. The third-order valence-corrected chi connectivity index (χ3v) is 9.22. The van der Waals surface area contributed by atoms with Crippen LogP contribution in [0.1, 0.15) is 18.7 Å². The van der Waals surface area contributed by atoms with Crippen LogP contribution in [0.3, 0.4) is 0 Å². The number of fused-ring (bicyclic) bond motifs is 2. The summed E-state index contributed by atoms with van der Waals surface area (Å²) in [6.45, 7) is 3.59. The van der Waals surface area contributed by atoms with Gasteiger partial charge in [0.25, 0.3) is 0 Å². The second kappa shape index (κ2) is 8.69. The second-order valence-electron chi connectivity index (χ2n) is 8.95. The van der Waals surface area contributed by atoms with E-state index in [0.717, 1.165) is 16.2 Å². The molecule has 2 aromatic carbocycles. The molecule has 8 nitrogen and oxygen atoms in total. The molecule has 2 atom stereocenters. The minimum atomic E-state index is -0.747. The number of methoxy groups -OCH3 is 1. The van der Waals surface area contributed by atoms with Crippen LogP contribution < -0.4 is 19.8 Å². The number of thioether (sulfide) groups is 1. The highest BCUT2D eigenvalue weighted by Gasteiger charge is 2.59. The number of amides is 3. The molecule has 0 aliphatic carbocycles. The molecular weight excluding hydrogens is 486 g/mol. The standard InChI is InChI=1S/C25H23N3O5S2/c1-25(2)18-19(22(31)28(21(18)30)15-7-5-4-6-8-15)34-23-20(25)35-24(32)27(23)13-17(29)26-14-9-11-16(33-3)12-10-14/h4-12,18-19H,13H2,1-3H3,(H,26,29). The van der Waals surface area contributed by atoms with Gasteiger partial charge < -0.3 is 10.1 Å². The maximum Gasteiger partial charge on any atom is 0.308 e. The summed E-state index contributed by atoms with van der Waals surface area (Å²) in [5.74, 6) is -0.869. The van der Waals surface area contributed by atoms with E-state index in [4.69, 9.17) is 4.74 Å². The lowest BCUT2D eigenvalue weighted by atomic mass is 9.76. The first kappa shape index (κ1) is 23.4. The SMILES string of the molecule is COc1ccc(NC(=O)Cn2c3c(sc2=O)C(C)(C)C2C(=O)N(c4ccccc4)C(=O)C2S3)cc1. The van der Waals surface area contributed by atoms with Gasteiger partial charge in [-0.2, -0.15) is 0 Å². The Labute approximate surface area is 209 Å². The van der Waals surface area contributed by atoms with Crippen molar-refractivity contribution >= 4 is 52.2 Å². The van der Waals surface area contributed by atoms with Crippen molar-refractivity contribution < 1.29 is 19.1 Å². The fourth-order valence-corrected chi connectivity index (χ4v) is 7.66. The van der Waals surface area contributed by atoms with Gasteiger partial charge in [0.05, 0.1) is 23.7 Å². The van der Waals surface area contributed by atoms with Crippen LogP contribution in [-0.2, 0) is 26.3 Å². The summed E-state index contributed by atoms with van der Waals surface area (Å²) in [6.07, 6.45) is 0. The molecule has 2 aliphatic rings. The monoisotopic (exact) mass is 509 g/mol. The smallest absolute Gasteiger partial charge is 0.308 e. The van der Waals surface area contributed by atoms with Crippen LogP contribution in [0.5, 0.6) is 5.75 Å². The van der Waals surface area contributed by atoms with Gasteiger partial charge in [-0.3, -0.25) is 23.7 Å². The molecule has 5 rings (SSSR count). The zero-order valence-corrected chi connectivity index (χ0v) is 20.9. The number of thiazole rings is 1. The summed E-state index contributed by atoms with van der Waals surface area (Å²) in [5.41, 5.74) is 0.368. The van der Waals surface area contributed by atoms with Crippen LogP contribution in [-0.4, -0.2) is 34.6 Å². The lowest BCUT2D eigenvalue weighted by Gasteiger charge is -2.36. The quantitative estimate of drug-likeness (QED) is 0.529. The molecule has 10 heteroatoms. The number of rotatable bonds is 5. The average molecular weight is 510 g/mol. The van der Waals surface area contributed by atoms with E-state index in [-0.39, 0.29) is 29.1 Å². The second-order valence-corrected chi connectivity index (χ2v) is 11.0. The summed E-state index contributed by atoms with van der Waals surface area (Å²) in [7, 11) is 1.56. The molecule has 3 aromatic rings. The Morgan fingerprint density at radius 3 is 2.37 bits per heavy atom. The van der Waals surface area contributed by atoms with Gasteiger partial charge in [0.1, 0.15) is 17.5 Å². The fraction of sp³-hybridized carbons (Fsp3) is 0.280. The number of hydrogen-bond acceptors (Lipinski definition) is 7.